The summed E-state index contributed by atoms with van der Waals surface area (Å²) in [5.74, 6) is -1.15. The van der Waals surface area contributed by atoms with E-state index >= 15 is 0 Å². The van der Waals surface area contributed by atoms with Gasteiger partial charge in [0.05, 0.1) is 16.2 Å². The molecule has 0 aliphatic carbocycles. The molecule has 0 unspecified atom stereocenters. The van der Waals surface area contributed by atoms with Gasteiger partial charge in [-0.1, -0.05) is 54.3 Å². The zero-order chi connectivity index (χ0) is 16.4. The van der Waals surface area contributed by atoms with Gasteiger partial charge in [-0.05, 0) is 35.9 Å². The summed E-state index contributed by atoms with van der Waals surface area (Å²) in [6, 6.07) is 15.6. The average Bonchev–Trinajstić information content (AvgIpc) is 2.82. The maximum Gasteiger partial charge on any atom is 0.335 e. The molecule has 1 fully saturated rings. The fourth-order valence-electron chi connectivity index (χ4n) is 2.14. The Morgan fingerprint density at radius 2 is 1.74 bits per heavy atom. The fraction of sp³-hybridized carbons (Fsp3) is 0. The van der Waals surface area contributed by atoms with Gasteiger partial charge in [0.1, 0.15) is 0 Å². The number of carbonyl (C=O) groups is 2. The molecule has 2 aromatic carbocycles. The highest BCUT2D eigenvalue weighted by atomic mass is 32.2. The molecule has 1 N–H and O–H groups in total. The number of carboxylic acids is 1. The summed E-state index contributed by atoms with van der Waals surface area (Å²) in [5, 5.41) is 8.90. The van der Waals surface area contributed by atoms with Crippen LogP contribution in [0.5, 0.6) is 0 Å². The molecule has 1 amide bonds. The predicted octanol–water partition coefficient (Wildman–Crippen LogP) is 3.79. The number of hydrogen-bond donors (Lipinski definition) is 1. The van der Waals surface area contributed by atoms with Crippen LogP contribution < -0.4 is 4.90 Å². The van der Waals surface area contributed by atoms with Gasteiger partial charge in [-0.25, -0.2) is 4.79 Å². The fourth-order valence-corrected chi connectivity index (χ4v) is 3.44. The number of nitrogens with zero attached hydrogens (tertiary/aromatic N) is 1. The van der Waals surface area contributed by atoms with Crippen molar-refractivity contribution in [1.82, 2.24) is 0 Å². The lowest BCUT2D eigenvalue weighted by Gasteiger charge is -2.13. The third-order valence-corrected chi connectivity index (χ3v) is 4.57. The van der Waals surface area contributed by atoms with Crippen LogP contribution in [0.4, 0.5) is 5.69 Å². The Kier molecular flexibility index (Phi) is 4.27. The molecule has 1 aliphatic heterocycles. The lowest BCUT2D eigenvalue weighted by atomic mass is 10.1. The molecule has 6 heteroatoms. The Bertz CT molecular complexity index is 813. The first-order valence-electron chi connectivity index (χ1n) is 6.72. The van der Waals surface area contributed by atoms with Gasteiger partial charge in [0.2, 0.25) is 0 Å². The van der Waals surface area contributed by atoms with Crippen LogP contribution in [0.15, 0.2) is 59.5 Å². The molecule has 23 heavy (non-hydrogen) atoms. The van der Waals surface area contributed by atoms with Crippen LogP contribution in [0, 0.1) is 0 Å². The summed E-state index contributed by atoms with van der Waals surface area (Å²) < 4.78 is 0.481. The van der Waals surface area contributed by atoms with Gasteiger partial charge < -0.3 is 5.11 Å². The Labute approximate surface area is 142 Å². The summed E-state index contributed by atoms with van der Waals surface area (Å²) in [4.78, 5) is 25.4. The van der Waals surface area contributed by atoms with E-state index in [1.54, 1.807) is 18.2 Å². The molecule has 4 nitrogen and oxygen atoms in total. The monoisotopic (exact) mass is 341 g/mol. The summed E-state index contributed by atoms with van der Waals surface area (Å²) in [5.41, 5.74) is 1.70. The van der Waals surface area contributed by atoms with Crippen LogP contribution in [-0.4, -0.2) is 21.3 Å². The van der Waals surface area contributed by atoms with E-state index in [0.717, 1.165) is 11.3 Å². The Hall–Kier alpha value is -2.44. The van der Waals surface area contributed by atoms with Gasteiger partial charge >= 0.3 is 5.97 Å². The van der Waals surface area contributed by atoms with Crippen molar-refractivity contribution in [3.8, 4) is 0 Å². The second kappa shape index (κ2) is 6.36. The number of rotatable bonds is 3. The van der Waals surface area contributed by atoms with Gasteiger partial charge in [0, 0.05) is 0 Å². The van der Waals surface area contributed by atoms with E-state index in [-0.39, 0.29) is 11.5 Å². The summed E-state index contributed by atoms with van der Waals surface area (Å²) >= 11 is 6.53. The lowest BCUT2D eigenvalue weighted by Crippen LogP contribution is -2.27. The van der Waals surface area contributed by atoms with Crippen LogP contribution in [0.3, 0.4) is 0 Å². The third-order valence-electron chi connectivity index (χ3n) is 3.26. The van der Waals surface area contributed by atoms with Crippen LogP contribution in [0.2, 0.25) is 0 Å². The van der Waals surface area contributed by atoms with Crippen molar-refractivity contribution in [2.45, 2.75) is 0 Å². The molecule has 0 aromatic heterocycles. The summed E-state index contributed by atoms with van der Waals surface area (Å²) in [6.45, 7) is 0. The number of carboxylic acid groups (broad SMARTS) is 1. The molecule has 0 atom stereocenters. The minimum atomic E-state index is -0.980. The number of thioether (sulfide) groups is 1. The Morgan fingerprint density at radius 3 is 2.35 bits per heavy atom. The van der Waals surface area contributed by atoms with Crippen molar-refractivity contribution < 1.29 is 14.7 Å². The predicted molar refractivity (Wildman–Crippen MR) is 95.5 cm³/mol. The number of carbonyl (C=O) groups excluding carboxylic acids is 1. The number of aromatic carboxylic acids is 1. The second-order valence-electron chi connectivity index (χ2n) is 4.78. The highest BCUT2D eigenvalue weighted by Crippen LogP contribution is 2.35. The zero-order valence-electron chi connectivity index (χ0n) is 11.8. The van der Waals surface area contributed by atoms with E-state index in [1.807, 2.05) is 30.3 Å². The molecule has 2 aromatic rings. The Balaban J connectivity index is 1.88. The number of benzene rings is 2. The molecule has 3 rings (SSSR count). The second-order valence-corrected chi connectivity index (χ2v) is 6.46. The normalized spacial score (nSPS) is 16.2. The molecule has 1 aliphatic rings. The first-order valence-corrected chi connectivity index (χ1v) is 7.95. The highest BCUT2D eigenvalue weighted by molar-refractivity contribution is 8.27. The largest absolute Gasteiger partial charge is 0.478 e. The quantitative estimate of drug-likeness (QED) is 0.680. The molecular formula is C17H11NO3S2. The molecule has 0 bridgehead atoms. The van der Waals surface area contributed by atoms with Crippen molar-refractivity contribution in [3.05, 3.63) is 70.6 Å². The van der Waals surface area contributed by atoms with Crippen molar-refractivity contribution in [1.29, 1.82) is 0 Å². The van der Waals surface area contributed by atoms with Gasteiger partial charge in [0.25, 0.3) is 5.91 Å². The van der Waals surface area contributed by atoms with E-state index in [4.69, 9.17) is 17.3 Å². The van der Waals surface area contributed by atoms with Gasteiger partial charge in [-0.2, -0.15) is 0 Å². The van der Waals surface area contributed by atoms with E-state index in [2.05, 4.69) is 0 Å². The van der Waals surface area contributed by atoms with E-state index in [1.165, 1.54) is 28.8 Å². The standard InChI is InChI=1S/C17H11NO3S2/c19-15-14(10-11-6-8-12(9-7-11)16(20)21)23-17(22)18(15)13-4-2-1-3-5-13/h1-10H,(H,20,21). The first-order chi connectivity index (χ1) is 11.1. The maximum atomic E-state index is 12.6. The first kappa shape index (κ1) is 15.5. The zero-order valence-corrected chi connectivity index (χ0v) is 13.4. The van der Waals surface area contributed by atoms with Crippen molar-refractivity contribution in [2.75, 3.05) is 4.90 Å². The molecular weight excluding hydrogens is 330 g/mol. The van der Waals surface area contributed by atoms with Crippen LogP contribution >= 0.6 is 24.0 Å². The minimum Gasteiger partial charge on any atom is -0.478 e. The molecule has 0 saturated carbocycles. The Morgan fingerprint density at radius 1 is 1.09 bits per heavy atom. The van der Waals surface area contributed by atoms with Crippen molar-refractivity contribution >= 4 is 51.9 Å². The lowest BCUT2D eigenvalue weighted by molar-refractivity contribution is -0.113. The maximum absolute atomic E-state index is 12.6. The number of para-hydroxylation sites is 1. The van der Waals surface area contributed by atoms with Crippen LogP contribution in [0.25, 0.3) is 6.08 Å². The van der Waals surface area contributed by atoms with Gasteiger partial charge in [-0.15, -0.1) is 0 Å². The van der Waals surface area contributed by atoms with Crippen LogP contribution in [0.1, 0.15) is 15.9 Å². The topological polar surface area (TPSA) is 57.6 Å². The highest BCUT2D eigenvalue weighted by Gasteiger charge is 2.33. The van der Waals surface area contributed by atoms with E-state index in [0.29, 0.717) is 9.23 Å². The number of amides is 1. The molecule has 114 valence electrons. The average molecular weight is 341 g/mol. The van der Waals surface area contributed by atoms with E-state index < -0.39 is 5.97 Å². The van der Waals surface area contributed by atoms with Gasteiger partial charge in [0.15, 0.2) is 4.32 Å². The smallest absolute Gasteiger partial charge is 0.335 e. The van der Waals surface area contributed by atoms with E-state index in [9.17, 15) is 9.59 Å². The minimum absolute atomic E-state index is 0.173. The third kappa shape index (κ3) is 3.18. The SMILES string of the molecule is O=C(O)c1ccc(C=C2SC(=S)N(c3ccccc3)C2=O)cc1. The number of anilines is 1. The van der Waals surface area contributed by atoms with Gasteiger partial charge in [-0.3, -0.25) is 9.69 Å². The van der Waals surface area contributed by atoms with Crippen LogP contribution in [-0.2, 0) is 4.79 Å². The molecule has 0 spiro atoms. The summed E-state index contributed by atoms with van der Waals surface area (Å²) in [6.07, 6.45) is 1.72. The number of thiocarbonyl (C=S) groups is 1. The molecule has 1 saturated heterocycles. The molecule has 0 radical (unpaired) electrons. The molecule has 1 heterocycles. The summed E-state index contributed by atoms with van der Waals surface area (Å²) in [7, 11) is 0. The van der Waals surface area contributed by atoms with Crippen molar-refractivity contribution in [2.24, 2.45) is 0 Å². The van der Waals surface area contributed by atoms with Crippen molar-refractivity contribution in [3.63, 3.8) is 0 Å². The number of hydrogen-bond acceptors (Lipinski definition) is 4.